The first-order valence-corrected chi connectivity index (χ1v) is 36.0. The first-order chi connectivity index (χ1) is 37.5. The van der Waals surface area contributed by atoms with Crippen molar-refractivity contribution in [3.05, 3.63) is 60.7 Å². The molecule has 452 valence electrons. The van der Waals surface area contributed by atoms with Gasteiger partial charge in [-0.3, -0.25) is 0 Å². The standard InChI is InChI=1S/C35H56O4S.C30H46O3S.C5H10O/c1-23(2)32(36)21-27(40(38,39)26-10-8-7-9-11-26)20-24(3)29-14-15-30-28-13-12-25-22-33(4,37)18-19-34(25,5)31(28)16-17-35(29,30)6;1-21(15-19-34(32,33)23-8-6-5-7-9-23)25-12-13-26-24-11-10-22-20-28(2,31)17-18-29(22,3)27(24)14-16-30(25,26)4;1-4(2)5-3-6-5/h7-11,23-25,27-32,36-37H,12-22H2,1-6H3;5-9,21-22,24-27,31H,10-20H2,1-4H3;4-5H,3H2,1-2H3/t24-,25+,27?,28+,29-,30+,31+,32-,33+,34+,35-;21-,22+,24+,25-,26+,27+,28+,29+,30-;5-/m111/s1. The van der Waals surface area contributed by atoms with E-state index in [2.05, 4.69) is 62.3 Å². The lowest BCUT2D eigenvalue weighted by Crippen LogP contribution is -2.55. The molecular weight excluding hydrogens is 1030 g/mol. The summed E-state index contributed by atoms with van der Waals surface area (Å²) in [6.45, 7) is 28.3. The molecule has 0 amide bonds. The first-order valence-electron chi connectivity index (χ1n) is 32.8. The number of aliphatic hydroxyl groups excluding tert-OH is 1. The third-order valence-corrected chi connectivity index (χ3v) is 29.8. The molecule has 1 unspecified atom stereocenters. The summed E-state index contributed by atoms with van der Waals surface area (Å²) in [5, 5.41) is 31.8. The van der Waals surface area contributed by atoms with E-state index in [0.717, 1.165) is 86.6 Å². The van der Waals surface area contributed by atoms with Crippen LogP contribution < -0.4 is 0 Å². The Kier molecular flexibility index (Phi) is 18.7. The highest BCUT2D eigenvalue weighted by atomic mass is 32.2. The SMILES string of the molecule is CC(C)[C@H](O)CC(C[C@@H](C)[C@H]1CC[C@H]2[C@@H]3CC[C@H]4C[C@@](C)(O)CC[C@]4(C)[C@H]3CC[C@]12C)S(=O)(=O)c1ccccc1.CC(C)[C@H]1CO1.C[C@H](CCS(=O)(=O)c1ccccc1)[C@H]1CC[C@H]2[C@@H]3CC[C@H]4C[C@@](C)(O)CC[C@]4(C)[C@H]3CC[C@]12C. The van der Waals surface area contributed by atoms with Crippen LogP contribution in [0.25, 0.3) is 0 Å². The van der Waals surface area contributed by atoms with E-state index >= 15 is 0 Å². The Balaban J connectivity index is 0.000000177. The van der Waals surface area contributed by atoms with Crippen molar-refractivity contribution in [2.45, 2.75) is 256 Å². The van der Waals surface area contributed by atoms with Crippen molar-refractivity contribution in [2.75, 3.05) is 12.4 Å². The van der Waals surface area contributed by atoms with Gasteiger partial charge in [-0.05, 0) is 277 Å². The minimum absolute atomic E-state index is 0.0346. The maximum atomic E-state index is 13.9. The van der Waals surface area contributed by atoms with E-state index in [1.54, 1.807) is 36.4 Å². The van der Waals surface area contributed by atoms with Gasteiger partial charge in [0.2, 0.25) is 0 Å². The lowest BCUT2D eigenvalue weighted by atomic mass is 9.43. The molecule has 0 aromatic heterocycles. The fourth-order valence-corrected chi connectivity index (χ4v) is 24.2. The molecule has 1 heterocycles. The molecular formula is C70H112O8S2. The molecule has 3 N–H and O–H groups in total. The lowest BCUT2D eigenvalue weighted by molar-refractivity contribution is -0.148. The van der Waals surface area contributed by atoms with Gasteiger partial charge in [0.15, 0.2) is 19.7 Å². The van der Waals surface area contributed by atoms with Crippen LogP contribution >= 0.6 is 0 Å². The lowest BCUT2D eigenvalue weighted by Gasteiger charge is -2.62. The average molecular weight is 1150 g/mol. The van der Waals surface area contributed by atoms with Crippen LogP contribution in [0.3, 0.4) is 0 Å². The van der Waals surface area contributed by atoms with Crippen LogP contribution in [0.4, 0.5) is 0 Å². The van der Waals surface area contributed by atoms with Gasteiger partial charge in [0, 0.05) is 0 Å². The van der Waals surface area contributed by atoms with E-state index in [1.807, 2.05) is 45.0 Å². The monoisotopic (exact) mass is 1140 g/mol. The van der Waals surface area contributed by atoms with Gasteiger partial charge in [0.05, 0.1) is 50.8 Å². The third-order valence-electron chi connectivity index (χ3n) is 25.9. The fraction of sp³-hybridized carbons (Fsp3) is 0.829. The minimum atomic E-state index is -3.53. The van der Waals surface area contributed by atoms with Crippen molar-refractivity contribution in [3.8, 4) is 0 Å². The molecule has 8 saturated carbocycles. The minimum Gasteiger partial charge on any atom is -0.393 e. The number of benzene rings is 2. The maximum Gasteiger partial charge on any atom is 0.181 e. The van der Waals surface area contributed by atoms with Gasteiger partial charge in [-0.1, -0.05) is 106 Å². The Labute approximate surface area is 487 Å². The maximum absolute atomic E-state index is 13.9. The van der Waals surface area contributed by atoms with Crippen molar-refractivity contribution >= 4 is 19.7 Å². The summed E-state index contributed by atoms with van der Waals surface area (Å²) in [5.41, 5.74) is 0.433. The average Bonchev–Trinajstić information content (AvgIpc) is 4.21. The molecule has 80 heavy (non-hydrogen) atoms. The Morgan fingerprint density at radius 1 is 0.525 bits per heavy atom. The molecule has 8 nitrogen and oxygen atoms in total. The fourth-order valence-electron chi connectivity index (χ4n) is 20.8. The molecule has 21 atom stereocenters. The summed E-state index contributed by atoms with van der Waals surface area (Å²) in [7, 11) is -6.74. The number of hydrogen-bond donors (Lipinski definition) is 3. The van der Waals surface area contributed by atoms with Gasteiger partial charge >= 0.3 is 0 Å². The van der Waals surface area contributed by atoms with Crippen molar-refractivity contribution in [1.29, 1.82) is 0 Å². The molecule has 0 radical (unpaired) electrons. The topological polar surface area (TPSA) is 141 Å². The first kappa shape index (κ1) is 62.7. The number of sulfone groups is 2. The highest BCUT2D eigenvalue weighted by molar-refractivity contribution is 7.92. The second-order valence-electron chi connectivity index (χ2n) is 31.4. The van der Waals surface area contributed by atoms with Gasteiger partial charge in [0.1, 0.15) is 0 Å². The van der Waals surface area contributed by atoms with Gasteiger partial charge in [-0.15, -0.1) is 0 Å². The van der Waals surface area contributed by atoms with Crippen LogP contribution in [0.15, 0.2) is 70.5 Å². The van der Waals surface area contributed by atoms with Crippen LogP contribution in [-0.4, -0.2) is 73.2 Å². The van der Waals surface area contributed by atoms with Crippen molar-refractivity contribution in [1.82, 2.24) is 0 Å². The van der Waals surface area contributed by atoms with E-state index in [-0.39, 0.29) is 17.1 Å². The smallest absolute Gasteiger partial charge is 0.181 e. The Bertz CT molecular complexity index is 2600. The number of rotatable bonds is 14. The second kappa shape index (κ2) is 23.8. The molecule has 9 aliphatic rings. The largest absolute Gasteiger partial charge is 0.393 e. The molecule has 9 fully saturated rings. The third kappa shape index (κ3) is 12.6. The zero-order valence-electron chi connectivity index (χ0n) is 52.1. The van der Waals surface area contributed by atoms with Gasteiger partial charge in [-0.25, -0.2) is 16.8 Å². The summed E-state index contributed by atoms with van der Waals surface area (Å²) < 4.78 is 58.5. The van der Waals surface area contributed by atoms with E-state index in [9.17, 15) is 32.2 Å². The number of fused-ring (bicyclic) bond motifs is 10. The van der Waals surface area contributed by atoms with E-state index in [4.69, 9.17) is 4.74 Å². The molecule has 11 rings (SSSR count). The zero-order chi connectivity index (χ0) is 58.0. The van der Waals surface area contributed by atoms with Crippen LogP contribution in [0.2, 0.25) is 0 Å². The van der Waals surface area contributed by atoms with E-state index in [1.165, 1.54) is 83.5 Å². The highest BCUT2D eigenvalue weighted by Gasteiger charge is 2.63. The van der Waals surface area contributed by atoms with Crippen molar-refractivity contribution in [2.24, 2.45) is 105 Å². The van der Waals surface area contributed by atoms with Gasteiger partial charge in [-0.2, -0.15) is 0 Å². The van der Waals surface area contributed by atoms with Gasteiger partial charge < -0.3 is 20.1 Å². The number of hydrogen-bond acceptors (Lipinski definition) is 8. The number of epoxide rings is 1. The van der Waals surface area contributed by atoms with Crippen LogP contribution in [-0.2, 0) is 24.4 Å². The van der Waals surface area contributed by atoms with Crippen molar-refractivity contribution in [3.63, 3.8) is 0 Å². The predicted octanol–water partition coefficient (Wildman–Crippen LogP) is 15.6. The van der Waals surface area contributed by atoms with Crippen LogP contribution in [0.1, 0.15) is 218 Å². The molecule has 1 aliphatic heterocycles. The van der Waals surface area contributed by atoms with Crippen LogP contribution in [0, 0.1) is 105 Å². The zero-order valence-corrected chi connectivity index (χ0v) is 53.7. The summed E-state index contributed by atoms with van der Waals surface area (Å²) in [6, 6.07) is 17.9. The number of ether oxygens (including phenoxy) is 1. The van der Waals surface area contributed by atoms with Gasteiger partial charge in [0.25, 0.3) is 0 Å². The number of aliphatic hydroxyl groups is 3. The molecule has 8 aliphatic carbocycles. The summed E-state index contributed by atoms with van der Waals surface area (Å²) >= 11 is 0. The molecule has 10 heteroatoms. The molecule has 0 bridgehead atoms. The summed E-state index contributed by atoms with van der Waals surface area (Å²) in [5.74, 6) is 8.98. The van der Waals surface area contributed by atoms with E-state index < -0.39 is 42.2 Å². The second-order valence-corrected chi connectivity index (χ2v) is 35.8. The Morgan fingerprint density at radius 2 is 0.963 bits per heavy atom. The van der Waals surface area contributed by atoms with E-state index in [0.29, 0.717) is 80.5 Å². The summed E-state index contributed by atoms with van der Waals surface area (Å²) in [4.78, 5) is 0.852. The Hall–Kier alpha value is -1.82. The van der Waals surface area contributed by atoms with Crippen LogP contribution in [0.5, 0.6) is 0 Å². The Morgan fingerprint density at radius 3 is 1.39 bits per heavy atom. The molecule has 1 saturated heterocycles. The molecule has 2 aromatic carbocycles. The highest BCUT2D eigenvalue weighted by Crippen LogP contribution is 2.71. The van der Waals surface area contributed by atoms with Crippen molar-refractivity contribution < 1.29 is 36.9 Å². The normalized spacial score (nSPS) is 42.5. The molecule has 2 aromatic rings. The summed E-state index contributed by atoms with van der Waals surface area (Å²) in [6.07, 6.45) is 23.3. The predicted molar refractivity (Wildman–Crippen MR) is 325 cm³/mol. The quantitative estimate of drug-likeness (QED) is 0.159. The molecule has 0 spiro atoms.